The van der Waals surface area contributed by atoms with Gasteiger partial charge in [0.05, 0.1) is 35.4 Å². The van der Waals surface area contributed by atoms with Crippen LogP contribution in [0.2, 0.25) is 0 Å². The zero-order chi connectivity index (χ0) is 46.4. The highest BCUT2D eigenvalue weighted by Crippen LogP contribution is 2.26. The van der Waals surface area contributed by atoms with Gasteiger partial charge in [0.25, 0.3) is 17.4 Å². The molecule has 0 unspecified atom stereocenters. The Bertz CT molecular complexity index is 2750. The van der Waals surface area contributed by atoms with Gasteiger partial charge < -0.3 is 31.1 Å². The second-order valence-electron chi connectivity index (χ2n) is 16.5. The predicted molar refractivity (Wildman–Crippen MR) is 254 cm³/mol. The summed E-state index contributed by atoms with van der Waals surface area (Å²) in [4.78, 5) is 73.0. The highest BCUT2D eigenvalue weighted by Gasteiger charge is 2.27. The van der Waals surface area contributed by atoms with Crippen LogP contribution >= 0.6 is 0 Å². The maximum absolute atomic E-state index is 15.0. The molecule has 15 heteroatoms. The van der Waals surface area contributed by atoms with Crippen LogP contribution < -0.4 is 26.8 Å². The number of fused-ring (bicyclic) bond motifs is 1. The molecular weight excluding hydrogens is 838 g/mol. The number of unbranched alkanes of at least 4 members (excludes halogenated alkanes) is 2. The normalized spacial score (nSPS) is 12.6. The van der Waals surface area contributed by atoms with E-state index in [-0.39, 0.29) is 60.7 Å². The first-order valence-corrected chi connectivity index (χ1v) is 22.5. The second kappa shape index (κ2) is 22.7. The maximum Gasteiger partial charge on any atom is 0.272 e. The predicted octanol–water partition coefficient (Wildman–Crippen LogP) is 5.79. The fourth-order valence-electron chi connectivity index (χ4n) is 8.03. The van der Waals surface area contributed by atoms with E-state index in [0.29, 0.717) is 73.3 Å². The van der Waals surface area contributed by atoms with Crippen molar-refractivity contribution in [3.63, 3.8) is 0 Å². The monoisotopic (exact) mass is 893 g/mol. The van der Waals surface area contributed by atoms with Crippen LogP contribution in [0.5, 0.6) is 0 Å². The van der Waals surface area contributed by atoms with Crippen LogP contribution in [0.25, 0.3) is 21.9 Å². The highest BCUT2D eigenvalue weighted by atomic mass is 19.1. The summed E-state index contributed by atoms with van der Waals surface area (Å²) in [5.41, 5.74) is 6.53. The van der Waals surface area contributed by atoms with Crippen molar-refractivity contribution in [3.05, 3.63) is 159 Å². The molecule has 14 nitrogen and oxygen atoms in total. The van der Waals surface area contributed by atoms with E-state index in [1.807, 2.05) is 49.4 Å². The molecule has 0 bridgehead atoms. The molecule has 66 heavy (non-hydrogen) atoms. The lowest BCUT2D eigenvalue weighted by atomic mass is 10.0. The number of hydrogen-bond acceptors (Lipinski definition) is 9. The van der Waals surface area contributed by atoms with Crippen molar-refractivity contribution in [3.8, 4) is 11.1 Å². The zero-order valence-electron chi connectivity index (χ0n) is 37.4. The third-order valence-electron chi connectivity index (χ3n) is 11.7. The number of piperazine rings is 1. The van der Waals surface area contributed by atoms with Crippen LogP contribution in [0.1, 0.15) is 75.0 Å². The number of benzene rings is 4. The third-order valence-corrected chi connectivity index (χ3v) is 11.7. The molecule has 4 amide bonds. The summed E-state index contributed by atoms with van der Waals surface area (Å²) < 4.78 is 15.0. The number of nitrogens with zero attached hydrogens (tertiary/aromatic N) is 4. The Morgan fingerprint density at radius 3 is 2.30 bits per heavy atom. The van der Waals surface area contributed by atoms with Crippen molar-refractivity contribution < 1.29 is 23.6 Å². The van der Waals surface area contributed by atoms with E-state index in [1.165, 1.54) is 17.7 Å². The molecule has 6 aromatic rings. The first-order valence-electron chi connectivity index (χ1n) is 22.5. The van der Waals surface area contributed by atoms with Crippen LogP contribution in [-0.4, -0.2) is 101 Å². The molecule has 0 spiro atoms. The number of carbonyl (C=O) groups excluding carboxylic acids is 4. The average molecular weight is 894 g/mol. The fraction of sp³-hybridized carbons (Fsp3) is 0.314. The molecular formula is C51H56FN9O5. The molecule has 1 saturated heterocycles. The highest BCUT2D eigenvalue weighted by molar-refractivity contribution is 6.03. The Labute approximate surface area is 383 Å². The quantitative estimate of drug-likeness (QED) is 0.0630. The van der Waals surface area contributed by atoms with Gasteiger partial charge in [0.1, 0.15) is 5.82 Å². The van der Waals surface area contributed by atoms with Gasteiger partial charge in [-0.05, 0) is 79.3 Å². The summed E-state index contributed by atoms with van der Waals surface area (Å²) in [5.74, 6) is -1.82. The largest absolute Gasteiger partial charge is 0.351 e. The second-order valence-corrected chi connectivity index (χ2v) is 16.5. The van der Waals surface area contributed by atoms with Gasteiger partial charge >= 0.3 is 0 Å². The van der Waals surface area contributed by atoms with E-state index in [2.05, 4.69) is 61.6 Å². The van der Waals surface area contributed by atoms with Gasteiger partial charge in [-0.15, -0.1) is 0 Å². The van der Waals surface area contributed by atoms with Crippen molar-refractivity contribution in [2.24, 2.45) is 0 Å². The Morgan fingerprint density at radius 2 is 1.50 bits per heavy atom. The van der Waals surface area contributed by atoms with Gasteiger partial charge in [0.2, 0.25) is 11.8 Å². The molecule has 5 N–H and O–H groups in total. The molecule has 1 aliphatic heterocycles. The van der Waals surface area contributed by atoms with Crippen LogP contribution in [-0.2, 0) is 29.0 Å². The topological polar surface area (TPSA) is 182 Å². The maximum atomic E-state index is 15.0. The van der Waals surface area contributed by atoms with Crippen molar-refractivity contribution in [1.29, 1.82) is 0 Å². The number of aryl methyl sites for hydroxylation is 2. The number of aromatic amines is 1. The number of pyridine rings is 1. The lowest BCUT2D eigenvalue weighted by Gasteiger charge is -2.35. The van der Waals surface area contributed by atoms with Crippen molar-refractivity contribution in [2.75, 3.05) is 57.7 Å². The first kappa shape index (κ1) is 46.9. The summed E-state index contributed by atoms with van der Waals surface area (Å²) in [7, 11) is 0. The number of halogens is 1. The number of nitrogens with one attached hydrogen (secondary N) is 5. The molecule has 7 rings (SSSR count). The van der Waals surface area contributed by atoms with Crippen molar-refractivity contribution in [2.45, 2.75) is 52.5 Å². The number of amides is 4. The molecule has 4 aromatic carbocycles. The zero-order valence-corrected chi connectivity index (χ0v) is 37.4. The standard InChI is InChI=1S/C51H56FN9O5/c1-3-35-12-10-14-38(26-35)39-29-45(57-46(62)32-54-30-37-13-9-11-34(2)25-37)48(56-31-39)50(65)55-20-8-4-7-19-53-33-47(63)60-21-23-61(24-22-60)51(66)42-27-36(17-18-43(42)52)28-44-40-15-5-6-16-41(40)49(64)59-58-44/h5-6,9-18,25-27,29,31,53-54H,3-4,7-8,19-24,28,30,32-33H2,1-2H3,(H,55,65)(H,57,62)(H,59,64). The van der Waals surface area contributed by atoms with Gasteiger partial charge in [0.15, 0.2) is 5.69 Å². The molecule has 0 saturated carbocycles. The molecule has 1 fully saturated rings. The Balaban J connectivity index is 0.824. The van der Waals surface area contributed by atoms with Gasteiger partial charge in [-0.2, -0.15) is 5.10 Å². The molecule has 342 valence electrons. The number of hydrogen-bond donors (Lipinski definition) is 5. The smallest absolute Gasteiger partial charge is 0.272 e. The van der Waals surface area contributed by atoms with Gasteiger partial charge in [-0.1, -0.05) is 91.7 Å². The number of anilines is 1. The van der Waals surface area contributed by atoms with E-state index in [0.717, 1.165) is 41.5 Å². The number of rotatable bonds is 19. The lowest BCUT2D eigenvalue weighted by molar-refractivity contribution is -0.131. The number of aromatic nitrogens is 3. The van der Waals surface area contributed by atoms with Crippen LogP contribution in [0.15, 0.2) is 108 Å². The minimum absolute atomic E-state index is 0.0476. The lowest BCUT2D eigenvalue weighted by Crippen LogP contribution is -2.52. The molecule has 1 aliphatic rings. The summed E-state index contributed by atoms with van der Waals surface area (Å²) >= 11 is 0. The van der Waals surface area contributed by atoms with Gasteiger partial charge in [0, 0.05) is 62.8 Å². The number of H-pyrrole nitrogens is 1. The fourth-order valence-corrected chi connectivity index (χ4v) is 8.03. The Morgan fingerprint density at radius 1 is 0.742 bits per heavy atom. The molecule has 2 aromatic heterocycles. The van der Waals surface area contributed by atoms with Crippen LogP contribution in [0, 0.1) is 12.7 Å². The Kier molecular flexibility index (Phi) is 16.1. The minimum Gasteiger partial charge on any atom is -0.351 e. The third kappa shape index (κ3) is 12.4. The molecule has 3 heterocycles. The van der Waals surface area contributed by atoms with E-state index in [9.17, 15) is 28.4 Å². The SMILES string of the molecule is CCc1cccc(-c2cnc(C(=O)NCCCCCNCC(=O)N3CCN(C(=O)c4cc(Cc5n[nH]c(=O)c6ccccc56)ccc4F)CC3)c(NC(=O)CNCc3cccc(C)c3)c2)c1. The molecule has 0 aliphatic carbocycles. The van der Waals surface area contributed by atoms with E-state index in [4.69, 9.17) is 0 Å². The van der Waals surface area contributed by atoms with E-state index >= 15 is 0 Å². The van der Waals surface area contributed by atoms with Crippen LogP contribution in [0.3, 0.4) is 0 Å². The first-order chi connectivity index (χ1) is 32.1. The average Bonchev–Trinajstić information content (AvgIpc) is 3.33. The summed E-state index contributed by atoms with van der Waals surface area (Å²) in [6.45, 7) is 7.07. The van der Waals surface area contributed by atoms with Crippen molar-refractivity contribution in [1.82, 2.24) is 40.9 Å². The summed E-state index contributed by atoms with van der Waals surface area (Å²) in [6.07, 6.45) is 5.11. The molecule has 0 radical (unpaired) electrons. The summed E-state index contributed by atoms with van der Waals surface area (Å²) in [5, 5.41) is 20.2. The minimum atomic E-state index is -0.627. The van der Waals surface area contributed by atoms with Gasteiger partial charge in [-0.3, -0.25) is 24.0 Å². The van der Waals surface area contributed by atoms with Gasteiger partial charge in [-0.25, -0.2) is 14.5 Å². The Hall–Kier alpha value is -7.10. The summed E-state index contributed by atoms with van der Waals surface area (Å²) in [6, 6.07) is 29.5. The van der Waals surface area contributed by atoms with Crippen molar-refractivity contribution >= 4 is 40.1 Å². The number of carbonyl (C=O) groups is 4. The molecule has 0 atom stereocenters. The van der Waals surface area contributed by atoms with E-state index in [1.54, 1.807) is 40.3 Å². The van der Waals surface area contributed by atoms with Crippen LogP contribution in [0.4, 0.5) is 10.1 Å². The van der Waals surface area contributed by atoms with E-state index < -0.39 is 11.7 Å².